The van der Waals surface area contributed by atoms with Crippen molar-refractivity contribution in [2.45, 2.75) is 18.2 Å². The molecule has 0 aliphatic heterocycles. The van der Waals surface area contributed by atoms with E-state index in [-0.39, 0.29) is 4.90 Å². The molecule has 0 saturated carbocycles. The zero-order chi connectivity index (χ0) is 13.6. The van der Waals surface area contributed by atoms with Crippen molar-refractivity contribution in [1.29, 1.82) is 0 Å². The number of rotatable bonds is 6. The monoisotopic (exact) mass is 270 g/mol. The van der Waals surface area contributed by atoms with Crippen LogP contribution in [0.1, 0.15) is 18.9 Å². The zero-order valence-electron chi connectivity index (χ0n) is 9.83. The third kappa shape index (κ3) is 4.27. The molecule has 0 fully saturated rings. The van der Waals surface area contributed by atoms with Crippen molar-refractivity contribution in [3.8, 4) is 0 Å². The highest BCUT2D eigenvalue weighted by Gasteiger charge is 2.13. The topological polar surface area (TPSA) is 96.4 Å². The summed E-state index contributed by atoms with van der Waals surface area (Å²) in [5.41, 5.74) is 0.414. The first-order valence-electron chi connectivity index (χ1n) is 5.31. The normalized spacial score (nSPS) is 11.8. The van der Waals surface area contributed by atoms with E-state index in [2.05, 4.69) is 9.71 Å². The standard InChI is InChI=1S/C11H14N2O4S/c1-2-5-13-18(16,17)10-6-9(7-12-8-10)3-4-11(14)15/h3-4,6-8,13H,2,5H2,1H3,(H,14,15). The maximum atomic E-state index is 11.8. The molecular formula is C11H14N2O4S. The molecule has 1 heterocycles. The first kappa shape index (κ1) is 14.3. The molecule has 0 saturated heterocycles. The minimum Gasteiger partial charge on any atom is -0.478 e. The Balaban J connectivity index is 2.98. The Morgan fingerprint density at radius 3 is 2.83 bits per heavy atom. The van der Waals surface area contributed by atoms with Gasteiger partial charge in [-0.05, 0) is 24.1 Å². The summed E-state index contributed by atoms with van der Waals surface area (Å²) in [7, 11) is -3.58. The third-order valence-electron chi connectivity index (χ3n) is 2.01. The molecule has 2 N–H and O–H groups in total. The summed E-state index contributed by atoms with van der Waals surface area (Å²) in [6.45, 7) is 2.20. The quantitative estimate of drug-likeness (QED) is 0.748. The predicted molar refractivity (Wildman–Crippen MR) is 66.4 cm³/mol. The second kappa shape index (κ2) is 6.27. The van der Waals surface area contributed by atoms with Gasteiger partial charge in [-0.15, -0.1) is 0 Å². The molecule has 1 aromatic heterocycles. The number of carboxylic acid groups (broad SMARTS) is 1. The van der Waals surface area contributed by atoms with E-state index in [0.29, 0.717) is 18.5 Å². The van der Waals surface area contributed by atoms with Crippen LogP contribution in [0.2, 0.25) is 0 Å². The molecule has 18 heavy (non-hydrogen) atoms. The Bertz CT molecular complexity index is 552. The minimum atomic E-state index is -3.58. The lowest BCUT2D eigenvalue weighted by Gasteiger charge is -2.05. The molecule has 0 spiro atoms. The van der Waals surface area contributed by atoms with Crippen LogP contribution in [0.4, 0.5) is 0 Å². The number of hydrogen-bond donors (Lipinski definition) is 2. The summed E-state index contributed by atoms with van der Waals surface area (Å²) in [5.74, 6) is -1.10. The lowest BCUT2D eigenvalue weighted by atomic mass is 10.2. The number of carbonyl (C=O) groups is 1. The van der Waals surface area contributed by atoms with E-state index in [9.17, 15) is 13.2 Å². The molecular weight excluding hydrogens is 256 g/mol. The van der Waals surface area contributed by atoms with Gasteiger partial charge in [-0.3, -0.25) is 4.98 Å². The van der Waals surface area contributed by atoms with Gasteiger partial charge in [-0.2, -0.15) is 0 Å². The van der Waals surface area contributed by atoms with E-state index in [1.54, 1.807) is 0 Å². The predicted octanol–water partition coefficient (Wildman–Crippen LogP) is 0.868. The third-order valence-corrected chi connectivity index (χ3v) is 3.43. The van der Waals surface area contributed by atoms with E-state index >= 15 is 0 Å². The molecule has 0 radical (unpaired) electrons. The number of sulfonamides is 1. The lowest BCUT2D eigenvalue weighted by Crippen LogP contribution is -2.24. The number of carboxylic acids is 1. The fourth-order valence-corrected chi connectivity index (χ4v) is 2.29. The van der Waals surface area contributed by atoms with Gasteiger partial charge in [0.2, 0.25) is 10.0 Å². The summed E-state index contributed by atoms with van der Waals surface area (Å²) in [6, 6.07) is 1.37. The lowest BCUT2D eigenvalue weighted by molar-refractivity contribution is -0.131. The molecule has 0 bridgehead atoms. The second-order valence-corrected chi connectivity index (χ2v) is 5.29. The summed E-state index contributed by atoms with van der Waals surface area (Å²) in [4.78, 5) is 14.1. The van der Waals surface area contributed by atoms with Crippen LogP contribution < -0.4 is 4.72 Å². The van der Waals surface area contributed by atoms with Crippen molar-refractivity contribution in [2.75, 3.05) is 6.54 Å². The van der Waals surface area contributed by atoms with Gasteiger partial charge in [-0.25, -0.2) is 17.9 Å². The van der Waals surface area contributed by atoms with Gasteiger partial charge in [0.1, 0.15) is 4.90 Å². The van der Waals surface area contributed by atoms with Crippen molar-refractivity contribution < 1.29 is 18.3 Å². The first-order valence-corrected chi connectivity index (χ1v) is 6.79. The summed E-state index contributed by atoms with van der Waals surface area (Å²) in [6.07, 6.45) is 5.50. The van der Waals surface area contributed by atoms with Gasteiger partial charge in [0.05, 0.1) is 0 Å². The highest BCUT2D eigenvalue weighted by atomic mass is 32.2. The fraction of sp³-hybridized carbons (Fsp3) is 0.273. The second-order valence-electron chi connectivity index (χ2n) is 3.52. The highest BCUT2D eigenvalue weighted by molar-refractivity contribution is 7.89. The highest BCUT2D eigenvalue weighted by Crippen LogP contribution is 2.10. The largest absolute Gasteiger partial charge is 0.478 e. The van der Waals surface area contributed by atoms with Crippen molar-refractivity contribution >= 4 is 22.1 Å². The van der Waals surface area contributed by atoms with Gasteiger partial charge < -0.3 is 5.11 Å². The molecule has 98 valence electrons. The van der Waals surface area contributed by atoms with E-state index in [1.807, 2.05) is 6.92 Å². The molecule has 6 nitrogen and oxygen atoms in total. The van der Waals surface area contributed by atoms with Crippen LogP contribution in [0.5, 0.6) is 0 Å². The van der Waals surface area contributed by atoms with Gasteiger partial charge >= 0.3 is 5.97 Å². The summed E-state index contributed by atoms with van der Waals surface area (Å²) >= 11 is 0. The van der Waals surface area contributed by atoms with Crippen molar-refractivity contribution in [1.82, 2.24) is 9.71 Å². The van der Waals surface area contributed by atoms with Crippen LogP contribution >= 0.6 is 0 Å². The van der Waals surface area contributed by atoms with Gasteiger partial charge in [0.25, 0.3) is 0 Å². The molecule has 0 aromatic carbocycles. The Morgan fingerprint density at radius 2 is 2.22 bits per heavy atom. The Hall–Kier alpha value is -1.73. The van der Waals surface area contributed by atoms with Crippen molar-refractivity contribution in [2.24, 2.45) is 0 Å². The Kier molecular flexibility index (Phi) is 4.99. The minimum absolute atomic E-state index is 0.0171. The molecule has 0 unspecified atom stereocenters. The molecule has 7 heteroatoms. The van der Waals surface area contributed by atoms with Crippen LogP contribution in [-0.4, -0.2) is 31.0 Å². The number of aliphatic carboxylic acids is 1. The number of nitrogens with zero attached hydrogens (tertiary/aromatic N) is 1. The number of aromatic nitrogens is 1. The number of hydrogen-bond acceptors (Lipinski definition) is 4. The van der Waals surface area contributed by atoms with Gasteiger partial charge in [0, 0.05) is 25.0 Å². The number of pyridine rings is 1. The van der Waals surface area contributed by atoms with Crippen LogP contribution in [-0.2, 0) is 14.8 Å². The average molecular weight is 270 g/mol. The van der Waals surface area contributed by atoms with Crippen LogP contribution in [0.3, 0.4) is 0 Å². The smallest absolute Gasteiger partial charge is 0.328 e. The van der Waals surface area contributed by atoms with Crippen LogP contribution in [0.25, 0.3) is 6.08 Å². The SMILES string of the molecule is CCCNS(=O)(=O)c1cncc(C=CC(=O)O)c1. The number of nitrogens with one attached hydrogen (secondary N) is 1. The molecule has 0 aliphatic carbocycles. The van der Waals surface area contributed by atoms with E-state index in [4.69, 9.17) is 5.11 Å². The van der Waals surface area contributed by atoms with E-state index in [0.717, 1.165) is 6.08 Å². The van der Waals surface area contributed by atoms with Crippen molar-refractivity contribution in [3.63, 3.8) is 0 Å². The van der Waals surface area contributed by atoms with E-state index in [1.165, 1.54) is 24.5 Å². The van der Waals surface area contributed by atoms with Gasteiger partial charge in [0.15, 0.2) is 0 Å². The average Bonchev–Trinajstić information content (AvgIpc) is 2.34. The Morgan fingerprint density at radius 1 is 1.50 bits per heavy atom. The summed E-state index contributed by atoms with van der Waals surface area (Å²) in [5, 5.41) is 8.48. The first-order chi connectivity index (χ1) is 8.45. The molecule has 0 amide bonds. The molecule has 0 atom stereocenters. The zero-order valence-corrected chi connectivity index (χ0v) is 10.6. The van der Waals surface area contributed by atoms with Crippen LogP contribution in [0, 0.1) is 0 Å². The molecule has 1 aromatic rings. The molecule has 0 aliphatic rings. The van der Waals surface area contributed by atoms with E-state index < -0.39 is 16.0 Å². The summed E-state index contributed by atoms with van der Waals surface area (Å²) < 4.78 is 26.0. The van der Waals surface area contributed by atoms with Gasteiger partial charge in [-0.1, -0.05) is 6.92 Å². The maximum absolute atomic E-state index is 11.8. The fourth-order valence-electron chi connectivity index (χ4n) is 1.16. The van der Waals surface area contributed by atoms with Crippen molar-refractivity contribution in [3.05, 3.63) is 30.1 Å². The maximum Gasteiger partial charge on any atom is 0.328 e. The Labute approximate surface area is 105 Å². The van der Waals surface area contributed by atoms with Crippen LogP contribution in [0.15, 0.2) is 29.4 Å². The molecule has 1 rings (SSSR count).